The smallest absolute Gasteiger partial charge is 0.253 e. The monoisotopic (exact) mass is 266 g/mol. The highest BCUT2D eigenvalue weighted by molar-refractivity contribution is 5.96. The van der Waals surface area contributed by atoms with E-state index >= 15 is 0 Å². The summed E-state index contributed by atoms with van der Waals surface area (Å²) in [5.41, 5.74) is 2.95. The van der Waals surface area contributed by atoms with Crippen molar-refractivity contribution in [3.63, 3.8) is 0 Å². The van der Waals surface area contributed by atoms with Gasteiger partial charge in [0.15, 0.2) is 5.65 Å². The third-order valence-electron chi connectivity index (χ3n) is 3.18. The second-order valence-electron chi connectivity index (χ2n) is 4.60. The zero-order valence-electron chi connectivity index (χ0n) is 11.0. The molecule has 0 bridgehead atoms. The lowest BCUT2D eigenvalue weighted by atomic mass is 10.1. The van der Waals surface area contributed by atoms with Crippen LogP contribution in [0.3, 0.4) is 0 Å². The molecule has 1 atom stereocenters. The first-order chi connectivity index (χ1) is 9.74. The molecule has 2 N–H and O–H groups in total. The number of rotatable bonds is 3. The van der Waals surface area contributed by atoms with Gasteiger partial charge in [0.2, 0.25) is 0 Å². The Morgan fingerprint density at radius 2 is 2.05 bits per heavy atom. The topological polar surface area (TPSA) is 70.7 Å². The molecule has 0 fully saturated rings. The number of carbonyl (C=O) groups excluding carboxylic acids is 1. The predicted octanol–water partition coefficient (Wildman–Crippen LogP) is 2.45. The van der Waals surface area contributed by atoms with Crippen molar-refractivity contribution in [3.8, 4) is 0 Å². The molecule has 0 radical (unpaired) electrons. The van der Waals surface area contributed by atoms with Crippen LogP contribution in [0.15, 0.2) is 48.9 Å². The lowest BCUT2D eigenvalue weighted by Crippen LogP contribution is -2.26. The minimum atomic E-state index is -0.148. The van der Waals surface area contributed by atoms with Crippen molar-refractivity contribution in [2.24, 2.45) is 0 Å². The highest BCUT2D eigenvalue weighted by Crippen LogP contribution is 2.13. The van der Waals surface area contributed by atoms with Gasteiger partial charge in [-0.3, -0.25) is 4.79 Å². The van der Waals surface area contributed by atoms with E-state index < -0.39 is 0 Å². The second-order valence-corrected chi connectivity index (χ2v) is 4.60. The summed E-state index contributed by atoms with van der Waals surface area (Å²) in [7, 11) is 0. The first kappa shape index (κ1) is 12.3. The summed E-state index contributed by atoms with van der Waals surface area (Å²) in [6.45, 7) is 1.95. The molecule has 20 heavy (non-hydrogen) atoms. The summed E-state index contributed by atoms with van der Waals surface area (Å²) < 4.78 is 0. The molecule has 2 heterocycles. The summed E-state index contributed by atoms with van der Waals surface area (Å²) in [6, 6.07) is 11.5. The van der Waals surface area contributed by atoms with E-state index in [2.05, 4.69) is 20.3 Å². The number of H-pyrrole nitrogens is 1. The fourth-order valence-electron chi connectivity index (χ4n) is 2.06. The van der Waals surface area contributed by atoms with Gasteiger partial charge in [-0.1, -0.05) is 30.3 Å². The number of nitrogens with one attached hydrogen (secondary N) is 2. The fourth-order valence-corrected chi connectivity index (χ4v) is 2.06. The highest BCUT2D eigenvalue weighted by Gasteiger charge is 2.12. The number of aromatic nitrogens is 3. The SMILES string of the molecule is CC(NC(=O)c1cnc2nc[nH]c2c1)c1ccccc1. The molecule has 0 spiro atoms. The van der Waals surface area contributed by atoms with Gasteiger partial charge in [0, 0.05) is 6.20 Å². The van der Waals surface area contributed by atoms with E-state index in [9.17, 15) is 4.79 Å². The van der Waals surface area contributed by atoms with Gasteiger partial charge in [-0.05, 0) is 18.6 Å². The van der Waals surface area contributed by atoms with Gasteiger partial charge in [0.25, 0.3) is 5.91 Å². The van der Waals surface area contributed by atoms with Gasteiger partial charge < -0.3 is 10.3 Å². The van der Waals surface area contributed by atoms with Gasteiger partial charge in [0.05, 0.1) is 23.4 Å². The van der Waals surface area contributed by atoms with Crippen LogP contribution in [0.2, 0.25) is 0 Å². The average Bonchev–Trinajstić information content (AvgIpc) is 2.95. The predicted molar refractivity (Wildman–Crippen MR) is 76.2 cm³/mol. The number of nitrogens with zero attached hydrogens (tertiary/aromatic N) is 2. The number of aromatic amines is 1. The standard InChI is InChI=1S/C15H14N4O/c1-10(11-5-3-2-4-6-11)19-15(20)12-7-13-14(16-8-12)18-9-17-13/h2-10H,1H3,(H,19,20)(H,16,17,18). The molecule has 2 aromatic heterocycles. The lowest BCUT2D eigenvalue weighted by molar-refractivity contribution is 0.0939. The van der Waals surface area contributed by atoms with Crippen LogP contribution in [-0.4, -0.2) is 20.9 Å². The maximum Gasteiger partial charge on any atom is 0.253 e. The number of benzene rings is 1. The molecule has 0 aliphatic rings. The molecule has 0 saturated heterocycles. The van der Waals surface area contributed by atoms with E-state index in [1.807, 2.05) is 37.3 Å². The van der Waals surface area contributed by atoms with Crippen molar-refractivity contribution in [2.75, 3.05) is 0 Å². The van der Waals surface area contributed by atoms with Crippen molar-refractivity contribution < 1.29 is 4.79 Å². The first-order valence-electron chi connectivity index (χ1n) is 6.39. The fraction of sp³-hybridized carbons (Fsp3) is 0.133. The van der Waals surface area contributed by atoms with Gasteiger partial charge in [0.1, 0.15) is 0 Å². The van der Waals surface area contributed by atoms with E-state index in [1.54, 1.807) is 12.4 Å². The normalized spacial score (nSPS) is 12.2. The molecule has 100 valence electrons. The molecule has 3 aromatic rings. The molecule has 3 rings (SSSR count). The maximum atomic E-state index is 12.2. The zero-order chi connectivity index (χ0) is 13.9. The molecule has 5 heteroatoms. The lowest BCUT2D eigenvalue weighted by Gasteiger charge is -2.14. The Bertz CT molecular complexity index is 736. The van der Waals surface area contributed by atoms with Crippen molar-refractivity contribution >= 4 is 17.1 Å². The van der Waals surface area contributed by atoms with Gasteiger partial charge in [-0.25, -0.2) is 9.97 Å². The Kier molecular flexibility index (Phi) is 3.16. The van der Waals surface area contributed by atoms with E-state index in [4.69, 9.17) is 0 Å². The van der Waals surface area contributed by atoms with E-state index in [-0.39, 0.29) is 11.9 Å². The van der Waals surface area contributed by atoms with E-state index in [1.165, 1.54) is 6.20 Å². The summed E-state index contributed by atoms with van der Waals surface area (Å²) in [4.78, 5) is 23.3. The van der Waals surface area contributed by atoms with Gasteiger partial charge >= 0.3 is 0 Å². The van der Waals surface area contributed by atoms with Crippen molar-refractivity contribution in [2.45, 2.75) is 13.0 Å². The molecule has 1 unspecified atom stereocenters. The molecule has 1 amide bonds. The number of imidazole rings is 1. The third-order valence-corrected chi connectivity index (χ3v) is 3.18. The second kappa shape index (κ2) is 5.13. The summed E-state index contributed by atoms with van der Waals surface area (Å²) in [5.74, 6) is -0.148. The number of amides is 1. The van der Waals surface area contributed by atoms with Crippen molar-refractivity contribution in [3.05, 3.63) is 60.0 Å². The average molecular weight is 266 g/mol. The first-order valence-corrected chi connectivity index (χ1v) is 6.39. The molecular formula is C15H14N4O. The van der Waals surface area contributed by atoms with Gasteiger partial charge in [-0.2, -0.15) is 0 Å². The summed E-state index contributed by atoms with van der Waals surface area (Å²) in [5, 5.41) is 2.96. The Labute approximate surface area is 116 Å². The number of carbonyl (C=O) groups is 1. The Morgan fingerprint density at radius 1 is 1.25 bits per heavy atom. The van der Waals surface area contributed by atoms with E-state index in [0.717, 1.165) is 11.1 Å². The minimum Gasteiger partial charge on any atom is -0.345 e. The van der Waals surface area contributed by atoms with Crippen molar-refractivity contribution in [1.29, 1.82) is 0 Å². The molecule has 0 aliphatic carbocycles. The van der Waals surface area contributed by atoms with E-state index in [0.29, 0.717) is 11.2 Å². The number of hydrogen-bond donors (Lipinski definition) is 2. The summed E-state index contributed by atoms with van der Waals surface area (Å²) in [6.07, 6.45) is 3.10. The molecule has 5 nitrogen and oxygen atoms in total. The Morgan fingerprint density at radius 3 is 2.85 bits per heavy atom. The quantitative estimate of drug-likeness (QED) is 0.765. The molecule has 1 aromatic carbocycles. The molecule has 0 saturated carbocycles. The number of pyridine rings is 1. The number of fused-ring (bicyclic) bond motifs is 1. The Hall–Kier alpha value is -2.69. The van der Waals surface area contributed by atoms with Crippen LogP contribution >= 0.6 is 0 Å². The molecule has 0 aliphatic heterocycles. The minimum absolute atomic E-state index is 0.0545. The largest absolute Gasteiger partial charge is 0.345 e. The highest BCUT2D eigenvalue weighted by atomic mass is 16.1. The maximum absolute atomic E-state index is 12.2. The van der Waals surface area contributed by atoms with Crippen LogP contribution in [0.5, 0.6) is 0 Å². The molecular weight excluding hydrogens is 252 g/mol. The van der Waals surface area contributed by atoms with Crippen LogP contribution in [0.1, 0.15) is 28.9 Å². The van der Waals surface area contributed by atoms with Gasteiger partial charge in [-0.15, -0.1) is 0 Å². The zero-order valence-corrected chi connectivity index (χ0v) is 11.0. The van der Waals surface area contributed by atoms with Crippen LogP contribution in [-0.2, 0) is 0 Å². The Balaban J connectivity index is 1.78. The van der Waals surface area contributed by atoms with Crippen LogP contribution < -0.4 is 5.32 Å². The van der Waals surface area contributed by atoms with Crippen LogP contribution in [0.4, 0.5) is 0 Å². The third kappa shape index (κ3) is 2.38. The van der Waals surface area contributed by atoms with Crippen LogP contribution in [0, 0.1) is 0 Å². The van der Waals surface area contributed by atoms with Crippen molar-refractivity contribution in [1.82, 2.24) is 20.3 Å². The summed E-state index contributed by atoms with van der Waals surface area (Å²) >= 11 is 0. The van der Waals surface area contributed by atoms with Crippen LogP contribution in [0.25, 0.3) is 11.2 Å². The number of hydrogen-bond acceptors (Lipinski definition) is 3.